The largest absolute Gasteiger partial charge is 0.465 e. The molecule has 0 bridgehead atoms. The van der Waals surface area contributed by atoms with Crippen molar-refractivity contribution in [2.24, 2.45) is 0 Å². The summed E-state index contributed by atoms with van der Waals surface area (Å²) >= 11 is 0. The van der Waals surface area contributed by atoms with Crippen molar-refractivity contribution in [1.82, 2.24) is 9.80 Å². The van der Waals surface area contributed by atoms with Gasteiger partial charge in [-0.15, -0.1) is 0 Å². The summed E-state index contributed by atoms with van der Waals surface area (Å²) in [5.41, 5.74) is 3.12. The van der Waals surface area contributed by atoms with E-state index in [2.05, 4.69) is 46.2 Å². The van der Waals surface area contributed by atoms with E-state index in [4.69, 9.17) is 4.42 Å². The van der Waals surface area contributed by atoms with Gasteiger partial charge in [-0.2, -0.15) is 0 Å². The zero-order valence-corrected chi connectivity index (χ0v) is 14.0. The first-order valence-corrected chi connectivity index (χ1v) is 8.86. The summed E-state index contributed by atoms with van der Waals surface area (Å²) < 4.78 is 5.74. The Hall–Kier alpha value is -1.58. The highest BCUT2D eigenvalue weighted by molar-refractivity contribution is 5.33. The Labute approximate surface area is 138 Å². The second kappa shape index (κ2) is 6.50. The molecule has 23 heavy (non-hydrogen) atoms. The maximum atomic E-state index is 5.74. The predicted molar refractivity (Wildman–Crippen MR) is 92.6 cm³/mol. The Morgan fingerprint density at radius 3 is 2.43 bits per heavy atom. The minimum Gasteiger partial charge on any atom is -0.465 e. The maximum Gasteiger partial charge on any atom is 0.118 e. The second-order valence-electron chi connectivity index (χ2n) is 7.01. The van der Waals surface area contributed by atoms with Gasteiger partial charge >= 0.3 is 0 Å². The molecule has 1 aromatic heterocycles. The molecule has 0 spiro atoms. The van der Waals surface area contributed by atoms with Crippen LogP contribution < -0.4 is 0 Å². The molecule has 4 rings (SSSR count). The Bertz CT molecular complexity index is 638. The van der Waals surface area contributed by atoms with Gasteiger partial charge in [-0.1, -0.05) is 24.3 Å². The number of aryl methyl sites for hydroxylation is 1. The standard InChI is InChI=1S/C20H26N2O/c1-16-7-8-20(23-16)15-21-9-4-10-22(12-11-21)19-13-17-5-2-3-6-18(17)14-19/h2-3,5-8,19H,4,9-15H2,1H3. The van der Waals surface area contributed by atoms with Crippen LogP contribution >= 0.6 is 0 Å². The second-order valence-corrected chi connectivity index (χ2v) is 7.01. The molecule has 0 radical (unpaired) electrons. The molecular weight excluding hydrogens is 284 g/mol. The van der Waals surface area contributed by atoms with Gasteiger partial charge in [0.1, 0.15) is 11.5 Å². The lowest BCUT2D eigenvalue weighted by molar-refractivity contribution is 0.197. The van der Waals surface area contributed by atoms with E-state index in [9.17, 15) is 0 Å². The third-order valence-corrected chi connectivity index (χ3v) is 5.34. The molecule has 0 unspecified atom stereocenters. The Morgan fingerprint density at radius 1 is 0.957 bits per heavy atom. The fourth-order valence-corrected chi connectivity index (χ4v) is 4.10. The van der Waals surface area contributed by atoms with Crippen molar-refractivity contribution in [1.29, 1.82) is 0 Å². The number of hydrogen-bond acceptors (Lipinski definition) is 3. The lowest BCUT2D eigenvalue weighted by Gasteiger charge is -2.27. The fourth-order valence-electron chi connectivity index (χ4n) is 4.10. The molecule has 2 heterocycles. The van der Waals surface area contributed by atoms with E-state index in [1.165, 1.54) is 38.9 Å². The molecule has 1 aromatic carbocycles. The monoisotopic (exact) mass is 310 g/mol. The molecular formula is C20H26N2O. The van der Waals surface area contributed by atoms with Crippen molar-refractivity contribution in [3.63, 3.8) is 0 Å². The van der Waals surface area contributed by atoms with E-state index in [1.807, 2.05) is 6.92 Å². The highest BCUT2D eigenvalue weighted by Gasteiger charge is 2.28. The first-order chi connectivity index (χ1) is 11.3. The van der Waals surface area contributed by atoms with Crippen LogP contribution in [0.3, 0.4) is 0 Å². The van der Waals surface area contributed by atoms with Crippen LogP contribution in [0, 0.1) is 6.92 Å². The summed E-state index contributed by atoms with van der Waals surface area (Å²) in [6.07, 6.45) is 3.72. The first-order valence-electron chi connectivity index (χ1n) is 8.86. The lowest BCUT2D eigenvalue weighted by atomic mass is 10.1. The minimum absolute atomic E-state index is 0.707. The zero-order valence-electron chi connectivity index (χ0n) is 14.0. The summed E-state index contributed by atoms with van der Waals surface area (Å²) in [6.45, 7) is 7.70. The van der Waals surface area contributed by atoms with Gasteiger partial charge in [-0.05, 0) is 62.5 Å². The SMILES string of the molecule is Cc1ccc(CN2CCCN(C3Cc4ccccc4C3)CC2)o1. The molecule has 3 nitrogen and oxygen atoms in total. The molecule has 0 atom stereocenters. The Balaban J connectivity index is 1.35. The summed E-state index contributed by atoms with van der Waals surface area (Å²) in [4.78, 5) is 5.26. The normalized spacial score (nSPS) is 20.6. The quantitative estimate of drug-likeness (QED) is 0.867. The van der Waals surface area contributed by atoms with Crippen LogP contribution in [-0.2, 0) is 19.4 Å². The van der Waals surface area contributed by atoms with E-state index in [-0.39, 0.29) is 0 Å². The molecule has 0 saturated carbocycles. The van der Waals surface area contributed by atoms with Gasteiger partial charge < -0.3 is 4.42 Å². The van der Waals surface area contributed by atoms with Crippen LogP contribution in [0.15, 0.2) is 40.8 Å². The van der Waals surface area contributed by atoms with Gasteiger partial charge in [0.25, 0.3) is 0 Å². The smallest absolute Gasteiger partial charge is 0.118 e. The van der Waals surface area contributed by atoms with Crippen LogP contribution in [-0.4, -0.2) is 42.0 Å². The lowest BCUT2D eigenvalue weighted by Crippen LogP contribution is -2.38. The molecule has 2 aromatic rings. The first kappa shape index (κ1) is 15.0. The minimum atomic E-state index is 0.707. The number of fused-ring (bicyclic) bond motifs is 1. The van der Waals surface area contributed by atoms with Gasteiger partial charge in [0.15, 0.2) is 0 Å². The Morgan fingerprint density at radius 2 is 1.74 bits per heavy atom. The van der Waals surface area contributed by atoms with Gasteiger partial charge in [-0.25, -0.2) is 0 Å². The zero-order chi connectivity index (χ0) is 15.6. The Kier molecular flexibility index (Phi) is 4.23. The van der Waals surface area contributed by atoms with E-state index in [0.29, 0.717) is 6.04 Å². The van der Waals surface area contributed by atoms with Crippen molar-refractivity contribution in [3.05, 3.63) is 59.0 Å². The average Bonchev–Trinajstić information content (AvgIpc) is 3.08. The highest BCUT2D eigenvalue weighted by Crippen LogP contribution is 2.26. The molecule has 1 saturated heterocycles. The highest BCUT2D eigenvalue weighted by atomic mass is 16.3. The summed E-state index contributed by atoms with van der Waals surface area (Å²) in [5, 5.41) is 0. The van der Waals surface area contributed by atoms with Crippen LogP contribution in [0.25, 0.3) is 0 Å². The third kappa shape index (κ3) is 3.36. The van der Waals surface area contributed by atoms with E-state index >= 15 is 0 Å². The van der Waals surface area contributed by atoms with E-state index in [1.54, 1.807) is 11.1 Å². The summed E-state index contributed by atoms with van der Waals surface area (Å²) in [5.74, 6) is 2.12. The molecule has 1 fully saturated rings. The van der Waals surface area contributed by atoms with Gasteiger partial charge in [0.2, 0.25) is 0 Å². The van der Waals surface area contributed by atoms with Crippen LogP contribution in [0.2, 0.25) is 0 Å². The fraction of sp³-hybridized carbons (Fsp3) is 0.500. The van der Waals surface area contributed by atoms with Crippen molar-refractivity contribution in [2.45, 2.75) is 38.8 Å². The van der Waals surface area contributed by atoms with E-state index in [0.717, 1.165) is 24.6 Å². The van der Waals surface area contributed by atoms with Crippen LogP contribution in [0.5, 0.6) is 0 Å². The van der Waals surface area contributed by atoms with Crippen LogP contribution in [0.4, 0.5) is 0 Å². The maximum absolute atomic E-state index is 5.74. The molecule has 0 amide bonds. The van der Waals surface area contributed by atoms with Crippen molar-refractivity contribution in [2.75, 3.05) is 26.2 Å². The van der Waals surface area contributed by atoms with Crippen molar-refractivity contribution in [3.8, 4) is 0 Å². The van der Waals surface area contributed by atoms with Crippen molar-refractivity contribution >= 4 is 0 Å². The van der Waals surface area contributed by atoms with Crippen molar-refractivity contribution < 1.29 is 4.42 Å². The molecule has 1 aliphatic carbocycles. The van der Waals surface area contributed by atoms with Gasteiger partial charge in [0, 0.05) is 19.1 Å². The van der Waals surface area contributed by atoms with Gasteiger partial charge in [-0.3, -0.25) is 9.80 Å². The number of furan rings is 1. The summed E-state index contributed by atoms with van der Waals surface area (Å²) in [6, 6.07) is 13.9. The summed E-state index contributed by atoms with van der Waals surface area (Å²) in [7, 11) is 0. The topological polar surface area (TPSA) is 19.6 Å². The number of rotatable bonds is 3. The number of nitrogens with zero attached hydrogens (tertiary/aromatic N) is 2. The number of hydrogen-bond donors (Lipinski definition) is 0. The molecule has 3 heteroatoms. The molecule has 1 aliphatic heterocycles. The molecule has 0 N–H and O–H groups in total. The average molecular weight is 310 g/mol. The van der Waals surface area contributed by atoms with Crippen LogP contribution in [0.1, 0.15) is 29.1 Å². The third-order valence-electron chi connectivity index (χ3n) is 5.34. The van der Waals surface area contributed by atoms with Gasteiger partial charge in [0.05, 0.1) is 6.54 Å². The molecule has 2 aliphatic rings. The van der Waals surface area contributed by atoms with E-state index < -0.39 is 0 Å². The molecule has 122 valence electrons. The number of benzene rings is 1. The predicted octanol–water partition coefficient (Wildman–Crippen LogP) is 3.26.